The van der Waals surface area contributed by atoms with Crippen molar-refractivity contribution in [2.75, 3.05) is 49.5 Å². The van der Waals surface area contributed by atoms with Gasteiger partial charge in [-0.2, -0.15) is 14.7 Å². The minimum Gasteiger partial charge on any atom is -0.402 e. The van der Waals surface area contributed by atoms with Crippen LogP contribution >= 0.6 is 0 Å². The molecule has 3 fully saturated rings. The van der Waals surface area contributed by atoms with Crippen LogP contribution in [0.1, 0.15) is 61.6 Å². The third-order valence-corrected chi connectivity index (χ3v) is 12.7. The van der Waals surface area contributed by atoms with Crippen LogP contribution in [0.4, 0.5) is 29.7 Å². The van der Waals surface area contributed by atoms with Crippen LogP contribution in [0.3, 0.4) is 0 Å². The van der Waals surface area contributed by atoms with Gasteiger partial charge in [0.15, 0.2) is 11.6 Å². The summed E-state index contributed by atoms with van der Waals surface area (Å²) in [4.78, 5) is 35.9. The summed E-state index contributed by atoms with van der Waals surface area (Å²) in [5, 5.41) is 20.8. The Bertz CT molecular complexity index is 2280. The van der Waals surface area contributed by atoms with Gasteiger partial charge in [0, 0.05) is 51.1 Å². The van der Waals surface area contributed by atoms with E-state index in [9.17, 15) is 36.4 Å². The molecule has 5 heterocycles. The van der Waals surface area contributed by atoms with E-state index in [1.54, 1.807) is 16.8 Å². The average Bonchev–Trinajstić information content (AvgIpc) is 3.50. The number of aryl methyl sites for hydroxylation is 1. The van der Waals surface area contributed by atoms with E-state index in [1.165, 1.54) is 20.8 Å². The first-order valence-electron chi connectivity index (χ1n) is 18.8. The summed E-state index contributed by atoms with van der Waals surface area (Å²) in [5.41, 5.74) is 3.26. The Kier molecular flexibility index (Phi) is 11.4. The zero-order valence-corrected chi connectivity index (χ0v) is 32.3. The number of carbonyl (C=O) groups excluding carboxylic acids is 2. The topological polar surface area (TPSA) is 179 Å². The van der Waals surface area contributed by atoms with Gasteiger partial charge in [-0.3, -0.25) is 19.7 Å². The maximum Gasteiger partial charge on any atom is 0.573 e. The smallest absolute Gasteiger partial charge is 0.402 e. The normalized spacial score (nSPS) is 18.7. The van der Waals surface area contributed by atoms with E-state index in [4.69, 9.17) is 0 Å². The maximum atomic E-state index is 13.7. The van der Waals surface area contributed by atoms with Gasteiger partial charge in [-0.05, 0) is 98.5 Å². The van der Waals surface area contributed by atoms with Crippen LogP contribution in [0.5, 0.6) is 5.75 Å². The number of ether oxygens (including phenoxy) is 1. The molecule has 4 aromatic rings. The molecular formula is C38H43F3N10O5S. The number of benzene rings is 2. The molecule has 3 aliphatic heterocycles. The molecule has 0 spiro atoms. The standard InChI is InChI=1S/C38H43F3N10O5S/c1-24(23-49-12-7-25(8-13-49)26-4-6-32-33(19-26)48(2)47-35(32)51-16-11-34(52)46-37(51)53)17-28-18-31(5-3-27(28)20-42)57(54,55)50-14-9-29(10-15-50)45-36-43-21-30(22-44-36)56-38(39,40)41/h3-6,18-19,21-22,24-25,29H,7-17,23H2,1-2H3,(H,43,44,45)(H,46,52,53). The SMILES string of the molecule is CC(Cc1cc(S(=O)(=O)N2CCC(Nc3ncc(OC(F)(F)F)cn3)CC2)ccc1C#N)CN1CCC(c2ccc3c(N4CCC(=O)NC4=O)nn(C)c3c2)CC1. The molecule has 0 aliphatic carbocycles. The second kappa shape index (κ2) is 16.3. The van der Waals surface area contributed by atoms with E-state index < -0.39 is 28.2 Å². The zero-order valence-electron chi connectivity index (χ0n) is 31.5. The van der Waals surface area contributed by atoms with E-state index in [1.807, 2.05) is 13.1 Å². The number of likely N-dealkylation sites (tertiary alicyclic amines) is 1. The number of urea groups is 1. The van der Waals surface area contributed by atoms with Crippen molar-refractivity contribution in [1.29, 1.82) is 5.26 Å². The van der Waals surface area contributed by atoms with Crippen molar-refractivity contribution in [1.82, 2.24) is 34.3 Å². The minimum atomic E-state index is -4.85. The second-order valence-corrected chi connectivity index (χ2v) is 16.8. The highest BCUT2D eigenvalue weighted by atomic mass is 32.2. The van der Waals surface area contributed by atoms with Crippen LogP contribution in [0.25, 0.3) is 10.9 Å². The Hall–Kier alpha value is -5.32. The number of rotatable bonds is 11. The predicted octanol–water partition coefficient (Wildman–Crippen LogP) is 4.90. The van der Waals surface area contributed by atoms with E-state index >= 15 is 0 Å². The Morgan fingerprint density at radius 2 is 1.74 bits per heavy atom. The molecule has 15 nitrogen and oxygen atoms in total. The lowest BCUT2D eigenvalue weighted by Crippen LogP contribution is -2.49. The van der Waals surface area contributed by atoms with E-state index in [0.29, 0.717) is 42.1 Å². The number of carbonyl (C=O) groups is 2. The predicted molar refractivity (Wildman–Crippen MR) is 203 cm³/mol. The van der Waals surface area contributed by atoms with Crippen LogP contribution in [0, 0.1) is 17.2 Å². The number of piperidine rings is 2. The van der Waals surface area contributed by atoms with Crippen LogP contribution in [0.15, 0.2) is 53.7 Å². The summed E-state index contributed by atoms with van der Waals surface area (Å²) < 4.78 is 71.8. The number of aromatic nitrogens is 4. The fraction of sp³-hybridized carbons (Fsp3) is 0.474. The molecule has 0 bridgehead atoms. The zero-order chi connectivity index (χ0) is 40.5. The highest BCUT2D eigenvalue weighted by molar-refractivity contribution is 7.89. The van der Waals surface area contributed by atoms with Crippen molar-refractivity contribution < 1.29 is 35.9 Å². The number of anilines is 2. The lowest BCUT2D eigenvalue weighted by Gasteiger charge is -2.34. The van der Waals surface area contributed by atoms with Crippen LogP contribution in [-0.4, -0.2) is 101 Å². The summed E-state index contributed by atoms with van der Waals surface area (Å²) in [6, 6.07) is 12.5. The molecule has 2 aromatic heterocycles. The number of amides is 3. The molecule has 0 saturated carbocycles. The number of hydrogen-bond acceptors (Lipinski definition) is 11. The molecule has 19 heteroatoms. The number of alkyl halides is 3. The molecule has 3 aliphatic rings. The van der Waals surface area contributed by atoms with Gasteiger partial charge in [0.2, 0.25) is 21.9 Å². The van der Waals surface area contributed by atoms with Gasteiger partial charge in [-0.1, -0.05) is 13.0 Å². The van der Waals surface area contributed by atoms with E-state index in [-0.39, 0.29) is 54.8 Å². The number of nitriles is 1. The molecular weight excluding hydrogens is 766 g/mol. The van der Waals surface area contributed by atoms with Crippen molar-refractivity contribution in [3.63, 3.8) is 0 Å². The van der Waals surface area contributed by atoms with Crippen molar-refractivity contribution in [3.8, 4) is 11.8 Å². The Morgan fingerprint density at radius 3 is 2.40 bits per heavy atom. The maximum absolute atomic E-state index is 13.7. The first-order valence-corrected chi connectivity index (χ1v) is 20.3. The largest absolute Gasteiger partial charge is 0.573 e. The van der Waals surface area contributed by atoms with Gasteiger partial charge >= 0.3 is 12.4 Å². The molecule has 302 valence electrons. The molecule has 2 aromatic carbocycles. The minimum absolute atomic E-state index is 0.116. The van der Waals surface area contributed by atoms with Crippen molar-refractivity contribution in [2.24, 2.45) is 13.0 Å². The Balaban J connectivity index is 0.920. The molecule has 2 N–H and O–H groups in total. The molecule has 57 heavy (non-hydrogen) atoms. The fourth-order valence-electron chi connectivity index (χ4n) is 7.96. The quantitative estimate of drug-likeness (QED) is 0.211. The van der Waals surface area contributed by atoms with Crippen LogP contribution in [0.2, 0.25) is 0 Å². The van der Waals surface area contributed by atoms with Gasteiger partial charge in [0.1, 0.15) is 0 Å². The average molecular weight is 809 g/mol. The summed E-state index contributed by atoms with van der Waals surface area (Å²) in [6.07, 6.45) is 0.531. The second-order valence-electron chi connectivity index (χ2n) is 14.9. The van der Waals surface area contributed by atoms with Gasteiger partial charge in [0.05, 0.1) is 34.4 Å². The number of hydrogen-bond donors (Lipinski definition) is 2. The molecule has 1 unspecified atom stereocenters. The van der Waals surface area contributed by atoms with Crippen molar-refractivity contribution in [3.05, 3.63) is 65.5 Å². The lowest BCUT2D eigenvalue weighted by molar-refractivity contribution is -0.274. The number of halogens is 3. The molecule has 0 radical (unpaired) electrons. The molecule has 3 amide bonds. The van der Waals surface area contributed by atoms with Crippen LogP contribution in [-0.2, 0) is 28.3 Å². The van der Waals surface area contributed by atoms with E-state index in [0.717, 1.165) is 55.8 Å². The summed E-state index contributed by atoms with van der Waals surface area (Å²) >= 11 is 0. The monoisotopic (exact) mass is 808 g/mol. The summed E-state index contributed by atoms with van der Waals surface area (Å²) in [6.45, 7) is 5.40. The van der Waals surface area contributed by atoms with E-state index in [2.05, 4.69) is 60.5 Å². The Morgan fingerprint density at radius 1 is 1.02 bits per heavy atom. The first-order chi connectivity index (χ1) is 27.2. The molecule has 3 saturated heterocycles. The highest BCUT2D eigenvalue weighted by Crippen LogP contribution is 2.34. The highest BCUT2D eigenvalue weighted by Gasteiger charge is 2.33. The number of fused-ring (bicyclic) bond motifs is 1. The number of nitrogens with one attached hydrogen (secondary N) is 2. The number of imide groups is 1. The van der Waals surface area contributed by atoms with Gasteiger partial charge < -0.3 is 15.0 Å². The van der Waals surface area contributed by atoms with Crippen molar-refractivity contribution >= 4 is 44.6 Å². The summed E-state index contributed by atoms with van der Waals surface area (Å²) in [5.74, 6) is 0.329. The summed E-state index contributed by atoms with van der Waals surface area (Å²) in [7, 11) is -2.01. The lowest BCUT2D eigenvalue weighted by atomic mass is 9.88. The molecule has 7 rings (SSSR count). The first kappa shape index (κ1) is 39.9. The Labute approximate surface area is 327 Å². The van der Waals surface area contributed by atoms with Gasteiger partial charge in [-0.25, -0.2) is 23.2 Å². The van der Waals surface area contributed by atoms with Gasteiger partial charge in [-0.15, -0.1) is 13.2 Å². The van der Waals surface area contributed by atoms with Crippen LogP contribution < -0.4 is 20.3 Å². The number of sulfonamides is 1. The number of nitrogens with zero attached hydrogens (tertiary/aromatic N) is 8. The third kappa shape index (κ3) is 9.13. The van der Waals surface area contributed by atoms with Gasteiger partial charge in [0.25, 0.3) is 0 Å². The fourth-order valence-corrected chi connectivity index (χ4v) is 9.48. The molecule has 1 atom stereocenters. The van der Waals surface area contributed by atoms with Crippen molar-refractivity contribution in [2.45, 2.75) is 68.7 Å². The third-order valence-electron chi connectivity index (χ3n) is 10.8.